The zero-order valence-corrected chi connectivity index (χ0v) is 12.1. The van der Waals surface area contributed by atoms with E-state index in [0.29, 0.717) is 15.9 Å². The Morgan fingerprint density at radius 2 is 2.32 bits per heavy atom. The number of carbonyl (C=O) groups excluding carboxylic acids is 1. The first-order valence-corrected chi connectivity index (χ1v) is 6.88. The number of aromatic nitrogens is 1. The van der Waals surface area contributed by atoms with E-state index in [-0.39, 0.29) is 12.3 Å². The van der Waals surface area contributed by atoms with Gasteiger partial charge in [-0.15, -0.1) is 11.3 Å². The maximum atomic E-state index is 11.9. The smallest absolute Gasteiger partial charge is 0.230 e. The number of methoxy groups -OCH3 is 1. The minimum absolute atomic E-state index is 0.112. The summed E-state index contributed by atoms with van der Waals surface area (Å²) in [5.41, 5.74) is 1.84. The highest BCUT2D eigenvalue weighted by molar-refractivity contribution is 7.13. The molecule has 4 nitrogen and oxygen atoms in total. The van der Waals surface area contributed by atoms with Gasteiger partial charge in [-0.1, -0.05) is 11.6 Å². The number of carbonyl (C=O) groups is 1. The number of nitrogens with zero attached hydrogens (tertiary/aromatic N) is 1. The van der Waals surface area contributed by atoms with E-state index in [1.165, 1.54) is 11.3 Å². The average Bonchev–Trinajstić information content (AvgIpc) is 2.86. The number of rotatable bonds is 4. The zero-order valence-electron chi connectivity index (χ0n) is 10.6. The maximum Gasteiger partial charge on any atom is 0.230 e. The van der Waals surface area contributed by atoms with Gasteiger partial charge in [-0.25, -0.2) is 4.98 Å². The number of anilines is 1. The molecular weight excluding hydrogens is 284 g/mol. The fourth-order valence-electron chi connectivity index (χ4n) is 1.66. The Morgan fingerprint density at radius 3 is 2.95 bits per heavy atom. The van der Waals surface area contributed by atoms with Crippen molar-refractivity contribution >= 4 is 34.0 Å². The molecule has 0 atom stereocenters. The van der Waals surface area contributed by atoms with E-state index in [0.717, 1.165) is 11.1 Å². The van der Waals surface area contributed by atoms with Crippen LogP contribution in [-0.2, 0) is 11.2 Å². The molecule has 0 aliphatic rings. The van der Waals surface area contributed by atoms with Gasteiger partial charge in [0.25, 0.3) is 0 Å². The fourth-order valence-corrected chi connectivity index (χ4v) is 2.47. The molecule has 0 aliphatic heterocycles. The summed E-state index contributed by atoms with van der Waals surface area (Å²) in [6.07, 6.45) is 1.91. The summed E-state index contributed by atoms with van der Waals surface area (Å²) < 4.78 is 5.13. The van der Waals surface area contributed by atoms with Crippen LogP contribution in [0.5, 0.6) is 5.75 Å². The van der Waals surface area contributed by atoms with Crippen molar-refractivity contribution in [2.24, 2.45) is 0 Å². The van der Waals surface area contributed by atoms with Gasteiger partial charge in [0, 0.05) is 11.6 Å². The Balaban J connectivity index is 2.10. The Morgan fingerprint density at radius 1 is 1.53 bits per heavy atom. The molecule has 0 saturated carbocycles. The Bertz CT molecular complexity index is 585. The van der Waals surface area contributed by atoms with Crippen LogP contribution in [0.4, 0.5) is 5.13 Å². The highest BCUT2D eigenvalue weighted by Gasteiger charge is 2.11. The first kappa shape index (κ1) is 13.8. The quantitative estimate of drug-likeness (QED) is 0.942. The molecule has 1 heterocycles. The molecule has 100 valence electrons. The lowest BCUT2D eigenvalue weighted by molar-refractivity contribution is -0.115. The molecule has 0 bridgehead atoms. The van der Waals surface area contributed by atoms with Crippen molar-refractivity contribution in [1.82, 2.24) is 4.98 Å². The Labute approximate surface area is 120 Å². The van der Waals surface area contributed by atoms with Crippen LogP contribution >= 0.6 is 22.9 Å². The molecule has 19 heavy (non-hydrogen) atoms. The number of hydrogen-bond donors (Lipinski definition) is 1. The van der Waals surface area contributed by atoms with Gasteiger partial charge >= 0.3 is 0 Å². The number of halogens is 1. The van der Waals surface area contributed by atoms with Gasteiger partial charge in [0.05, 0.1) is 18.6 Å². The van der Waals surface area contributed by atoms with Crippen LogP contribution in [0.25, 0.3) is 0 Å². The first-order valence-electron chi connectivity index (χ1n) is 5.62. The Hall–Kier alpha value is -1.59. The summed E-state index contributed by atoms with van der Waals surface area (Å²) in [6, 6.07) is 3.59. The number of amides is 1. The average molecular weight is 297 g/mol. The van der Waals surface area contributed by atoms with E-state index in [9.17, 15) is 4.79 Å². The lowest BCUT2D eigenvalue weighted by atomic mass is 10.1. The minimum atomic E-state index is -0.112. The number of thiazole rings is 1. The fraction of sp³-hybridized carbons (Fsp3) is 0.231. The molecule has 1 N–H and O–H groups in total. The lowest BCUT2D eigenvalue weighted by Crippen LogP contribution is -2.14. The van der Waals surface area contributed by atoms with Gasteiger partial charge in [-0.2, -0.15) is 0 Å². The third-order valence-corrected chi connectivity index (χ3v) is 3.62. The van der Waals surface area contributed by atoms with Crippen LogP contribution in [0.2, 0.25) is 5.02 Å². The molecular formula is C13H13ClN2O2S. The lowest BCUT2D eigenvalue weighted by Gasteiger charge is -2.09. The molecule has 0 unspecified atom stereocenters. The Kier molecular flexibility index (Phi) is 4.39. The van der Waals surface area contributed by atoms with Crippen molar-refractivity contribution in [3.05, 3.63) is 39.9 Å². The SMILES string of the molecule is COc1cc(C)c(CC(=O)Nc2nccs2)cc1Cl. The molecule has 6 heteroatoms. The van der Waals surface area contributed by atoms with Crippen molar-refractivity contribution in [2.75, 3.05) is 12.4 Å². The number of ether oxygens (including phenoxy) is 1. The van der Waals surface area contributed by atoms with Gasteiger partial charge < -0.3 is 10.1 Å². The normalized spacial score (nSPS) is 10.3. The molecule has 1 aromatic heterocycles. The van der Waals surface area contributed by atoms with Crippen molar-refractivity contribution in [2.45, 2.75) is 13.3 Å². The van der Waals surface area contributed by atoms with Crippen LogP contribution in [0.3, 0.4) is 0 Å². The molecule has 1 amide bonds. The predicted molar refractivity (Wildman–Crippen MR) is 77.2 cm³/mol. The van der Waals surface area contributed by atoms with E-state index in [4.69, 9.17) is 16.3 Å². The topological polar surface area (TPSA) is 51.2 Å². The highest BCUT2D eigenvalue weighted by atomic mass is 35.5. The number of nitrogens with one attached hydrogen (secondary N) is 1. The number of benzene rings is 1. The van der Waals surface area contributed by atoms with Crippen LogP contribution in [-0.4, -0.2) is 18.0 Å². The second-order valence-electron chi connectivity index (χ2n) is 3.98. The van der Waals surface area contributed by atoms with E-state index in [1.807, 2.05) is 18.4 Å². The van der Waals surface area contributed by atoms with Crippen LogP contribution in [0.15, 0.2) is 23.7 Å². The van der Waals surface area contributed by atoms with E-state index in [1.54, 1.807) is 19.4 Å². The van der Waals surface area contributed by atoms with Crippen molar-refractivity contribution in [3.8, 4) is 5.75 Å². The van der Waals surface area contributed by atoms with E-state index >= 15 is 0 Å². The van der Waals surface area contributed by atoms with Crippen molar-refractivity contribution < 1.29 is 9.53 Å². The molecule has 0 saturated heterocycles. The highest BCUT2D eigenvalue weighted by Crippen LogP contribution is 2.28. The second kappa shape index (κ2) is 6.04. The van der Waals surface area contributed by atoms with Crippen LogP contribution in [0, 0.1) is 6.92 Å². The minimum Gasteiger partial charge on any atom is -0.495 e. The van der Waals surface area contributed by atoms with Crippen molar-refractivity contribution in [1.29, 1.82) is 0 Å². The maximum absolute atomic E-state index is 11.9. The van der Waals surface area contributed by atoms with Crippen LogP contribution < -0.4 is 10.1 Å². The second-order valence-corrected chi connectivity index (χ2v) is 5.28. The van der Waals surface area contributed by atoms with Gasteiger partial charge in [-0.3, -0.25) is 4.79 Å². The first-order chi connectivity index (χ1) is 9.10. The van der Waals surface area contributed by atoms with Gasteiger partial charge in [0.15, 0.2) is 5.13 Å². The third-order valence-electron chi connectivity index (χ3n) is 2.64. The molecule has 0 fully saturated rings. The summed E-state index contributed by atoms with van der Waals surface area (Å²) in [5, 5.41) is 5.65. The summed E-state index contributed by atoms with van der Waals surface area (Å²) in [5.74, 6) is 0.502. The number of hydrogen-bond acceptors (Lipinski definition) is 4. The van der Waals surface area contributed by atoms with Crippen molar-refractivity contribution in [3.63, 3.8) is 0 Å². The largest absolute Gasteiger partial charge is 0.495 e. The van der Waals surface area contributed by atoms with Crippen LogP contribution in [0.1, 0.15) is 11.1 Å². The zero-order chi connectivity index (χ0) is 13.8. The molecule has 2 aromatic rings. The molecule has 0 aliphatic carbocycles. The number of aryl methyl sites for hydroxylation is 1. The monoisotopic (exact) mass is 296 g/mol. The standard InChI is InChI=1S/C13H13ClN2O2S/c1-8-5-11(18-2)10(14)6-9(8)7-12(17)16-13-15-3-4-19-13/h3-6H,7H2,1-2H3,(H,15,16,17). The molecule has 1 aromatic carbocycles. The van der Waals surface area contributed by atoms with E-state index < -0.39 is 0 Å². The summed E-state index contributed by atoms with van der Waals surface area (Å²) in [6.45, 7) is 1.92. The molecule has 2 rings (SSSR count). The van der Waals surface area contributed by atoms with Gasteiger partial charge in [0.2, 0.25) is 5.91 Å². The molecule has 0 radical (unpaired) electrons. The summed E-state index contributed by atoms with van der Waals surface area (Å²) in [4.78, 5) is 15.9. The van der Waals surface area contributed by atoms with E-state index in [2.05, 4.69) is 10.3 Å². The summed E-state index contributed by atoms with van der Waals surface area (Å²) in [7, 11) is 1.56. The van der Waals surface area contributed by atoms with Gasteiger partial charge in [0.1, 0.15) is 5.75 Å². The summed E-state index contributed by atoms with van der Waals surface area (Å²) >= 11 is 7.45. The predicted octanol–water partition coefficient (Wildman–Crippen LogP) is 3.29. The third kappa shape index (κ3) is 3.45. The van der Waals surface area contributed by atoms with Gasteiger partial charge in [-0.05, 0) is 30.2 Å². The molecule has 0 spiro atoms.